The lowest BCUT2D eigenvalue weighted by atomic mass is 10.00. The molecule has 1 N–H and O–H groups in total. The first-order chi connectivity index (χ1) is 11.4. The summed E-state index contributed by atoms with van der Waals surface area (Å²) in [6.07, 6.45) is 0.570. The lowest BCUT2D eigenvalue weighted by Gasteiger charge is -2.14. The molecule has 0 bridgehead atoms. The van der Waals surface area contributed by atoms with Gasteiger partial charge in [0.25, 0.3) is 0 Å². The van der Waals surface area contributed by atoms with Crippen molar-refractivity contribution >= 4 is 34.8 Å². The third kappa shape index (κ3) is 4.79. The van der Waals surface area contributed by atoms with Crippen LogP contribution in [0.15, 0.2) is 36.4 Å². The van der Waals surface area contributed by atoms with Crippen molar-refractivity contribution in [3.8, 4) is 11.5 Å². The van der Waals surface area contributed by atoms with Gasteiger partial charge in [-0.2, -0.15) is 0 Å². The van der Waals surface area contributed by atoms with Crippen LogP contribution in [-0.2, 0) is 11.2 Å². The first-order valence-electron chi connectivity index (χ1n) is 7.40. The fraction of sp³-hybridized carbons (Fsp3) is 0.278. The lowest BCUT2D eigenvalue weighted by Crippen LogP contribution is -2.22. The number of carbonyl (C=O) groups excluding carboxylic acids is 1. The van der Waals surface area contributed by atoms with Gasteiger partial charge in [0.1, 0.15) is 0 Å². The Kier molecular flexibility index (Phi) is 6.35. The van der Waals surface area contributed by atoms with Crippen molar-refractivity contribution in [2.75, 3.05) is 19.5 Å². The van der Waals surface area contributed by atoms with Crippen LogP contribution in [0.1, 0.15) is 12.5 Å². The van der Waals surface area contributed by atoms with Crippen LogP contribution >= 0.6 is 23.2 Å². The van der Waals surface area contributed by atoms with E-state index in [4.69, 9.17) is 32.7 Å². The summed E-state index contributed by atoms with van der Waals surface area (Å²) in [4.78, 5) is 12.4. The Morgan fingerprint density at radius 2 is 1.67 bits per heavy atom. The highest BCUT2D eigenvalue weighted by atomic mass is 35.5. The van der Waals surface area contributed by atoms with Crippen molar-refractivity contribution in [2.24, 2.45) is 5.92 Å². The molecule has 0 radical (unpaired) electrons. The molecule has 0 saturated heterocycles. The summed E-state index contributed by atoms with van der Waals surface area (Å²) in [7, 11) is 3.17. The molecule has 0 aromatic heterocycles. The normalized spacial score (nSPS) is 11.7. The van der Waals surface area contributed by atoms with Crippen LogP contribution in [0.4, 0.5) is 5.69 Å². The molecule has 1 unspecified atom stereocenters. The molecule has 0 fully saturated rings. The topological polar surface area (TPSA) is 47.6 Å². The monoisotopic (exact) mass is 367 g/mol. The van der Waals surface area contributed by atoms with E-state index >= 15 is 0 Å². The first kappa shape index (κ1) is 18.4. The second kappa shape index (κ2) is 8.27. The molecule has 0 heterocycles. The molecule has 0 saturated carbocycles. The van der Waals surface area contributed by atoms with Gasteiger partial charge in [-0.05, 0) is 42.3 Å². The van der Waals surface area contributed by atoms with E-state index in [1.54, 1.807) is 32.4 Å². The minimum absolute atomic E-state index is 0.108. The van der Waals surface area contributed by atoms with Gasteiger partial charge >= 0.3 is 0 Å². The number of hydrogen-bond acceptors (Lipinski definition) is 3. The summed E-state index contributed by atoms with van der Waals surface area (Å²) < 4.78 is 10.5. The van der Waals surface area contributed by atoms with E-state index in [0.717, 1.165) is 5.56 Å². The Morgan fingerprint density at radius 3 is 2.25 bits per heavy atom. The van der Waals surface area contributed by atoms with E-state index in [0.29, 0.717) is 33.7 Å². The fourth-order valence-corrected chi connectivity index (χ4v) is 2.87. The predicted octanol–water partition coefficient (Wildman–Crippen LogP) is 4.83. The lowest BCUT2D eigenvalue weighted by molar-refractivity contribution is -0.119. The van der Waals surface area contributed by atoms with E-state index in [1.807, 2.05) is 25.1 Å². The van der Waals surface area contributed by atoms with E-state index in [9.17, 15) is 4.79 Å². The van der Waals surface area contributed by atoms with Crippen molar-refractivity contribution in [1.29, 1.82) is 0 Å². The molecule has 2 rings (SSSR count). The summed E-state index contributed by atoms with van der Waals surface area (Å²) in [5.74, 6) is 0.958. The molecule has 0 aliphatic carbocycles. The second-order valence-electron chi connectivity index (χ2n) is 5.44. The van der Waals surface area contributed by atoms with Crippen LogP contribution in [-0.4, -0.2) is 20.1 Å². The number of hydrogen-bond donors (Lipinski definition) is 1. The summed E-state index contributed by atoms with van der Waals surface area (Å²) in [5, 5.41) is 3.79. The van der Waals surface area contributed by atoms with Gasteiger partial charge in [-0.25, -0.2) is 0 Å². The van der Waals surface area contributed by atoms with Crippen molar-refractivity contribution in [3.63, 3.8) is 0 Å². The van der Waals surface area contributed by atoms with Gasteiger partial charge < -0.3 is 14.8 Å². The fourth-order valence-electron chi connectivity index (χ4n) is 2.35. The summed E-state index contributed by atoms with van der Waals surface area (Å²) >= 11 is 11.9. The highest BCUT2D eigenvalue weighted by molar-refractivity contribution is 6.35. The standard InChI is InChI=1S/C18H19Cl2NO3/c1-11(6-12-4-5-16(23-2)17(7-12)24-3)18(22)21-15-9-13(19)8-14(20)10-15/h4-5,7-11H,6H2,1-3H3,(H,21,22). The number of halogens is 2. The van der Waals surface area contributed by atoms with Crippen molar-refractivity contribution < 1.29 is 14.3 Å². The molecule has 0 aliphatic heterocycles. The van der Waals surface area contributed by atoms with Gasteiger partial charge in [0.2, 0.25) is 5.91 Å². The van der Waals surface area contributed by atoms with Gasteiger partial charge in [0.15, 0.2) is 11.5 Å². The smallest absolute Gasteiger partial charge is 0.227 e. The van der Waals surface area contributed by atoms with Gasteiger partial charge in [0.05, 0.1) is 14.2 Å². The van der Waals surface area contributed by atoms with E-state index in [-0.39, 0.29) is 11.8 Å². The Hall–Kier alpha value is -1.91. The minimum atomic E-state index is -0.235. The number of nitrogens with one attached hydrogen (secondary N) is 1. The molecule has 0 spiro atoms. The maximum absolute atomic E-state index is 12.4. The average Bonchev–Trinajstić information content (AvgIpc) is 2.53. The van der Waals surface area contributed by atoms with Gasteiger partial charge in [-0.15, -0.1) is 0 Å². The number of amides is 1. The largest absolute Gasteiger partial charge is 0.493 e. The SMILES string of the molecule is COc1ccc(CC(C)C(=O)Nc2cc(Cl)cc(Cl)c2)cc1OC. The molecular formula is C18H19Cl2NO3. The number of rotatable bonds is 6. The van der Waals surface area contributed by atoms with Crippen molar-refractivity contribution in [3.05, 3.63) is 52.0 Å². The molecule has 1 atom stereocenters. The third-order valence-corrected chi connectivity index (χ3v) is 4.00. The molecule has 1 amide bonds. The first-order valence-corrected chi connectivity index (χ1v) is 8.16. The zero-order valence-electron chi connectivity index (χ0n) is 13.7. The van der Waals surface area contributed by atoms with E-state index in [1.165, 1.54) is 0 Å². The highest BCUT2D eigenvalue weighted by Crippen LogP contribution is 2.29. The molecule has 4 nitrogen and oxygen atoms in total. The van der Waals surface area contributed by atoms with E-state index in [2.05, 4.69) is 5.32 Å². The van der Waals surface area contributed by atoms with Crippen LogP contribution in [0, 0.1) is 5.92 Å². The zero-order chi connectivity index (χ0) is 17.7. The molecular weight excluding hydrogens is 349 g/mol. The maximum atomic E-state index is 12.4. The maximum Gasteiger partial charge on any atom is 0.227 e. The number of ether oxygens (including phenoxy) is 2. The Bertz CT molecular complexity index is 714. The molecule has 2 aromatic carbocycles. The molecule has 0 aliphatic rings. The minimum Gasteiger partial charge on any atom is -0.493 e. The van der Waals surface area contributed by atoms with Crippen LogP contribution < -0.4 is 14.8 Å². The summed E-state index contributed by atoms with van der Waals surface area (Å²) in [6, 6.07) is 10.6. The summed E-state index contributed by atoms with van der Waals surface area (Å²) in [6.45, 7) is 1.86. The third-order valence-electron chi connectivity index (χ3n) is 3.57. The van der Waals surface area contributed by atoms with Crippen molar-refractivity contribution in [1.82, 2.24) is 0 Å². The number of carbonyl (C=O) groups is 1. The zero-order valence-corrected chi connectivity index (χ0v) is 15.2. The number of benzene rings is 2. The van der Waals surface area contributed by atoms with E-state index < -0.39 is 0 Å². The van der Waals surface area contributed by atoms with Gasteiger partial charge in [0, 0.05) is 21.7 Å². The van der Waals surface area contributed by atoms with Gasteiger partial charge in [-0.1, -0.05) is 36.2 Å². The molecule has 128 valence electrons. The molecule has 2 aromatic rings. The Labute approximate surface area is 151 Å². The van der Waals surface area contributed by atoms with Crippen molar-refractivity contribution in [2.45, 2.75) is 13.3 Å². The predicted molar refractivity (Wildman–Crippen MR) is 97.5 cm³/mol. The number of methoxy groups -OCH3 is 2. The Morgan fingerprint density at radius 1 is 1.04 bits per heavy atom. The average molecular weight is 368 g/mol. The van der Waals surface area contributed by atoms with Crippen LogP contribution in [0.25, 0.3) is 0 Å². The second-order valence-corrected chi connectivity index (χ2v) is 6.31. The number of anilines is 1. The quantitative estimate of drug-likeness (QED) is 0.795. The van der Waals surface area contributed by atoms with Crippen LogP contribution in [0.3, 0.4) is 0 Å². The molecule has 24 heavy (non-hydrogen) atoms. The Balaban J connectivity index is 2.06. The van der Waals surface area contributed by atoms with Crippen LogP contribution in [0.5, 0.6) is 11.5 Å². The van der Waals surface area contributed by atoms with Gasteiger partial charge in [-0.3, -0.25) is 4.79 Å². The molecule has 6 heteroatoms. The highest BCUT2D eigenvalue weighted by Gasteiger charge is 2.15. The van der Waals surface area contributed by atoms with Crippen LogP contribution in [0.2, 0.25) is 10.0 Å². The summed E-state index contributed by atoms with van der Waals surface area (Å²) in [5.41, 5.74) is 1.57.